The van der Waals surface area contributed by atoms with E-state index in [2.05, 4.69) is 21.3 Å². The summed E-state index contributed by atoms with van der Waals surface area (Å²) < 4.78 is 0. The summed E-state index contributed by atoms with van der Waals surface area (Å²) in [6.45, 7) is -0.177. The molecule has 0 bridgehead atoms. The molecule has 13 nitrogen and oxygen atoms in total. The molecule has 1 saturated heterocycles. The highest BCUT2D eigenvalue weighted by Crippen LogP contribution is 2.12. The number of carboxylic acid groups (broad SMARTS) is 1. The van der Waals surface area contributed by atoms with Crippen molar-refractivity contribution in [2.24, 2.45) is 5.73 Å². The molecule has 0 aromatic heterocycles. The van der Waals surface area contributed by atoms with E-state index in [0.717, 1.165) is 6.42 Å². The molecule has 2 rings (SSSR count). The SMILES string of the molecule is NC(=O)CCC(NC(=O)C(CO)NC(=O)C(Cc1ccc(O)cc1)NC(=O)C1CCCN1)C(=O)O. The molecule has 0 aliphatic carbocycles. The number of carboxylic acids is 1. The van der Waals surface area contributed by atoms with Gasteiger partial charge in [-0.15, -0.1) is 0 Å². The fraction of sp³-hybridized carbons (Fsp3) is 0.500. The zero-order valence-corrected chi connectivity index (χ0v) is 19.0. The normalized spacial score (nSPS) is 17.6. The van der Waals surface area contributed by atoms with Crippen LogP contribution in [0, 0.1) is 0 Å². The second-order valence-electron chi connectivity index (χ2n) is 8.23. The molecule has 0 spiro atoms. The third-order valence-corrected chi connectivity index (χ3v) is 5.50. The van der Waals surface area contributed by atoms with Crippen molar-refractivity contribution in [2.75, 3.05) is 13.2 Å². The van der Waals surface area contributed by atoms with Crippen molar-refractivity contribution in [3.05, 3.63) is 29.8 Å². The molecule has 1 aromatic carbocycles. The molecule has 9 N–H and O–H groups in total. The van der Waals surface area contributed by atoms with E-state index in [0.29, 0.717) is 18.5 Å². The topological polar surface area (TPSA) is 220 Å². The number of nitrogens with one attached hydrogen (secondary N) is 4. The molecule has 192 valence electrons. The van der Waals surface area contributed by atoms with Gasteiger partial charge in [-0.3, -0.25) is 19.2 Å². The number of phenolic OH excluding ortho intramolecular Hbond substituents is 1. The summed E-state index contributed by atoms with van der Waals surface area (Å²) in [4.78, 5) is 60.5. The minimum atomic E-state index is -1.51. The summed E-state index contributed by atoms with van der Waals surface area (Å²) in [6.07, 6.45) is 0.879. The summed E-state index contributed by atoms with van der Waals surface area (Å²) >= 11 is 0. The predicted molar refractivity (Wildman–Crippen MR) is 122 cm³/mol. The number of aromatic hydroxyl groups is 1. The Balaban J connectivity index is 2.10. The van der Waals surface area contributed by atoms with E-state index in [1.165, 1.54) is 12.1 Å². The fourth-order valence-corrected chi connectivity index (χ4v) is 3.54. The number of amides is 4. The molecule has 4 amide bonds. The maximum absolute atomic E-state index is 13.0. The summed E-state index contributed by atoms with van der Waals surface area (Å²) in [7, 11) is 0. The van der Waals surface area contributed by atoms with Gasteiger partial charge in [0.05, 0.1) is 12.6 Å². The quantitative estimate of drug-likeness (QED) is 0.145. The van der Waals surface area contributed by atoms with Gasteiger partial charge < -0.3 is 42.3 Å². The Morgan fingerprint density at radius 2 is 1.63 bits per heavy atom. The fourth-order valence-electron chi connectivity index (χ4n) is 3.54. The molecular formula is C22H31N5O8. The summed E-state index contributed by atoms with van der Waals surface area (Å²) in [5, 5.41) is 38.6. The highest BCUT2D eigenvalue weighted by Gasteiger charge is 2.31. The van der Waals surface area contributed by atoms with Crippen molar-refractivity contribution >= 4 is 29.6 Å². The van der Waals surface area contributed by atoms with E-state index in [4.69, 9.17) is 5.73 Å². The van der Waals surface area contributed by atoms with Gasteiger partial charge in [0.1, 0.15) is 23.9 Å². The number of hydrogen-bond donors (Lipinski definition) is 8. The molecule has 4 unspecified atom stereocenters. The van der Waals surface area contributed by atoms with Crippen LogP contribution in [0.1, 0.15) is 31.2 Å². The molecule has 1 aliphatic rings. The van der Waals surface area contributed by atoms with Gasteiger partial charge in [0.2, 0.25) is 23.6 Å². The molecule has 13 heteroatoms. The van der Waals surface area contributed by atoms with E-state index in [1.807, 2.05) is 0 Å². The first-order valence-corrected chi connectivity index (χ1v) is 11.1. The van der Waals surface area contributed by atoms with E-state index in [1.54, 1.807) is 12.1 Å². The highest BCUT2D eigenvalue weighted by molar-refractivity contribution is 5.94. The monoisotopic (exact) mass is 493 g/mol. The van der Waals surface area contributed by atoms with Gasteiger partial charge in [0, 0.05) is 12.8 Å². The van der Waals surface area contributed by atoms with Gasteiger partial charge in [0.15, 0.2) is 0 Å². The Hall–Kier alpha value is -3.71. The zero-order chi connectivity index (χ0) is 26.0. The minimum absolute atomic E-state index is 0.0234. The summed E-state index contributed by atoms with van der Waals surface area (Å²) in [5.74, 6) is -4.29. The minimum Gasteiger partial charge on any atom is -0.508 e. The van der Waals surface area contributed by atoms with Crippen LogP contribution in [0.5, 0.6) is 5.75 Å². The molecule has 1 aromatic rings. The number of phenols is 1. The molecule has 4 atom stereocenters. The lowest BCUT2D eigenvalue weighted by Crippen LogP contribution is -2.58. The van der Waals surface area contributed by atoms with E-state index in [-0.39, 0.29) is 25.0 Å². The van der Waals surface area contributed by atoms with Crippen molar-refractivity contribution in [2.45, 2.75) is 56.3 Å². The van der Waals surface area contributed by atoms with Crippen LogP contribution >= 0.6 is 0 Å². The number of carbonyl (C=O) groups excluding carboxylic acids is 4. The lowest BCUT2D eigenvalue weighted by atomic mass is 10.0. The molecule has 0 radical (unpaired) electrons. The molecular weight excluding hydrogens is 462 g/mol. The van der Waals surface area contributed by atoms with Gasteiger partial charge in [-0.2, -0.15) is 0 Å². The molecule has 1 aliphatic heterocycles. The van der Waals surface area contributed by atoms with Crippen LogP contribution in [0.2, 0.25) is 0 Å². The molecule has 0 saturated carbocycles. The van der Waals surface area contributed by atoms with Gasteiger partial charge >= 0.3 is 5.97 Å². The van der Waals surface area contributed by atoms with Crippen molar-refractivity contribution in [1.82, 2.24) is 21.3 Å². The smallest absolute Gasteiger partial charge is 0.326 e. The number of nitrogens with two attached hydrogens (primary N) is 1. The third-order valence-electron chi connectivity index (χ3n) is 5.50. The van der Waals surface area contributed by atoms with Crippen molar-refractivity contribution < 1.29 is 39.3 Å². The third kappa shape index (κ3) is 8.87. The van der Waals surface area contributed by atoms with Gasteiger partial charge in [-0.1, -0.05) is 12.1 Å². The number of primary amides is 1. The Labute approximate surface area is 201 Å². The molecule has 1 fully saturated rings. The second kappa shape index (κ2) is 13.2. The van der Waals surface area contributed by atoms with Crippen molar-refractivity contribution in [3.8, 4) is 5.75 Å². The van der Waals surface area contributed by atoms with E-state index >= 15 is 0 Å². The first kappa shape index (κ1) is 27.5. The van der Waals surface area contributed by atoms with Crippen LogP contribution in [0.4, 0.5) is 0 Å². The van der Waals surface area contributed by atoms with Crippen LogP contribution < -0.4 is 27.0 Å². The first-order chi connectivity index (χ1) is 16.6. The number of aliphatic hydroxyl groups is 1. The van der Waals surface area contributed by atoms with Crippen LogP contribution in [0.25, 0.3) is 0 Å². The van der Waals surface area contributed by atoms with Crippen LogP contribution in [-0.2, 0) is 30.4 Å². The highest BCUT2D eigenvalue weighted by atomic mass is 16.4. The number of benzene rings is 1. The standard InChI is InChI=1S/C22H31N5O8/c23-18(30)8-7-15(22(34)35)25-21(33)17(11-28)27-20(32)16(10-12-3-5-13(29)6-4-12)26-19(31)14-2-1-9-24-14/h3-6,14-17,24,28-29H,1-2,7-11H2,(H2,23,30)(H,25,33)(H,26,31)(H,27,32)(H,34,35). The maximum Gasteiger partial charge on any atom is 0.326 e. The summed E-state index contributed by atoms with van der Waals surface area (Å²) in [6, 6.07) is 1.43. The molecule has 35 heavy (non-hydrogen) atoms. The number of rotatable bonds is 13. The van der Waals surface area contributed by atoms with Gasteiger partial charge in [-0.25, -0.2) is 4.79 Å². The first-order valence-electron chi connectivity index (χ1n) is 11.1. The van der Waals surface area contributed by atoms with Crippen LogP contribution in [0.3, 0.4) is 0 Å². The summed E-state index contributed by atoms with van der Waals surface area (Å²) in [5.41, 5.74) is 5.63. The Morgan fingerprint density at radius 1 is 1.00 bits per heavy atom. The van der Waals surface area contributed by atoms with Gasteiger partial charge in [-0.05, 0) is 43.5 Å². The van der Waals surface area contributed by atoms with E-state index < -0.39 is 60.4 Å². The Bertz CT molecular complexity index is 917. The predicted octanol–water partition coefficient (Wildman–Crippen LogP) is -2.52. The number of aliphatic carboxylic acids is 1. The van der Waals surface area contributed by atoms with Crippen LogP contribution in [0.15, 0.2) is 24.3 Å². The van der Waals surface area contributed by atoms with Crippen molar-refractivity contribution in [1.29, 1.82) is 0 Å². The Kier molecular flexibility index (Phi) is 10.4. The maximum atomic E-state index is 13.0. The lowest BCUT2D eigenvalue weighted by Gasteiger charge is -2.24. The lowest BCUT2D eigenvalue weighted by molar-refractivity contribution is -0.143. The number of hydrogen-bond acceptors (Lipinski definition) is 8. The second-order valence-corrected chi connectivity index (χ2v) is 8.23. The average Bonchev–Trinajstić information content (AvgIpc) is 3.35. The van der Waals surface area contributed by atoms with Crippen molar-refractivity contribution in [3.63, 3.8) is 0 Å². The number of aliphatic hydroxyl groups excluding tert-OH is 1. The number of carbonyl (C=O) groups is 5. The molecule has 1 heterocycles. The van der Waals surface area contributed by atoms with Crippen LogP contribution in [-0.4, -0.2) is 82.2 Å². The Morgan fingerprint density at radius 3 is 2.17 bits per heavy atom. The van der Waals surface area contributed by atoms with E-state index in [9.17, 15) is 39.3 Å². The van der Waals surface area contributed by atoms with Gasteiger partial charge in [0.25, 0.3) is 0 Å². The average molecular weight is 494 g/mol. The zero-order valence-electron chi connectivity index (χ0n) is 19.0. The largest absolute Gasteiger partial charge is 0.508 e.